The number of benzene rings is 1. The minimum Gasteiger partial charge on any atom is -0.368 e. The van der Waals surface area contributed by atoms with Crippen LogP contribution in [-0.4, -0.2) is 31.5 Å². The summed E-state index contributed by atoms with van der Waals surface area (Å²) in [4.78, 5) is 23.0. The van der Waals surface area contributed by atoms with Gasteiger partial charge in [-0.2, -0.15) is 4.39 Å². The molecule has 1 aromatic rings. The third-order valence-corrected chi connectivity index (χ3v) is 2.80. The molecule has 0 radical (unpaired) electrons. The molecule has 104 valence electrons. The van der Waals surface area contributed by atoms with Crippen molar-refractivity contribution in [2.45, 2.75) is 6.92 Å². The van der Waals surface area contributed by atoms with Gasteiger partial charge in [0.2, 0.25) is 11.7 Å². The highest BCUT2D eigenvalue weighted by atomic mass is 19.1. The topological polar surface area (TPSA) is 75.5 Å². The van der Waals surface area contributed by atoms with Crippen LogP contribution in [0.1, 0.15) is 6.92 Å². The standard InChI is InChI=1S/C12H16FN3O3/c1-8(12(17)14-2)7-15(3)10-6-4-5-9(13)11(10)16(18)19/h4-6,8H,7H2,1-3H3,(H,14,17). The van der Waals surface area contributed by atoms with Crippen LogP contribution in [0.5, 0.6) is 0 Å². The Balaban J connectivity index is 3.00. The van der Waals surface area contributed by atoms with Crippen LogP contribution in [0.25, 0.3) is 0 Å². The number of nitrogens with one attached hydrogen (secondary N) is 1. The number of nitro benzene ring substituents is 1. The van der Waals surface area contributed by atoms with Crippen molar-refractivity contribution < 1.29 is 14.1 Å². The average molecular weight is 269 g/mol. The molecular weight excluding hydrogens is 253 g/mol. The Morgan fingerprint density at radius 3 is 2.74 bits per heavy atom. The van der Waals surface area contributed by atoms with E-state index in [9.17, 15) is 19.3 Å². The molecule has 19 heavy (non-hydrogen) atoms. The van der Waals surface area contributed by atoms with Gasteiger partial charge in [0.15, 0.2) is 0 Å². The molecule has 1 rings (SSSR count). The molecule has 1 atom stereocenters. The number of carbonyl (C=O) groups is 1. The summed E-state index contributed by atoms with van der Waals surface area (Å²) in [6, 6.07) is 3.90. The van der Waals surface area contributed by atoms with Gasteiger partial charge in [-0.15, -0.1) is 0 Å². The lowest BCUT2D eigenvalue weighted by atomic mass is 10.1. The zero-order chi connectivity index (χ0) is 14.6. The minimum absolute atomic E-state index is 0.153. The molecular formula is C12H16FN3O3. The first-order valence-corrected chi connectivity index (χ1v) is 5.74. The molecule has 0 aliphatic rings. The molecule has 0 saturated carbocycles. The lowest BCUT2D eigenvalue weighted by Crippen LogP contribution is -2.34. The zero-order valence-corrected chi connectivity index (χ0v) is 11.0. The van der Waals surface area contributed by atoms with E-state index < -0.39 is 16.4 Å². The number of halogens is 1. The predicted molar refractivity (Wildman–Crippen MR) is 69.6 cm³/mol. The van der Waals surface area contributed by atoms with Gasteiger partial charge < -0.3 is 10.2 Å². The van der Waals surface area contributed by atoms with Gasteiger partial charge in [0.05, 0.1) is 10.8 Å². The lowest BCUT2D eigenvalue weighted by molar-refractivity contribution is -0.386. The summed E-state index contributed by atoms with van der Waals surface area (Å²) in [5.41, 5.74) is -0.421. The van der Waals surface area contributed by atoms with Gasteiger partial charge in [-0.25, -0.2) is 0 Å². The van der Waals surface area contributed by atoms with Gasteiger partial charge in [-0.1, -0.05) is 13.0 Å². The fourth-order valence-electron chi connectivity index (χ4n) is 1.83. The number of amides is 1. The largest absolute Gasteiger partial charge is 0.368 e. The van der Waals surface area contributed by atoms with Crippen LogP contribution in [-0.2, 0) is 4.79 Å². The minimum atomic E-state index is -0.887. The highest BCUT2D eigenvalue weighted by molar-refractivity contribution is 5.78. The summed E-state index contributed by atoms with van der Waals surface area (Å²) in [5, 5.41) is 13.4. The third kappa shape index (κ3) is 3.40. The van der Waals surface area contributed by atoms with Crippen molar-refractivity contribution in [1.82, 2.24) is 5.32 Å². The van der Waals surface area contributed by atoms with E-state index in [1.807, 2.05) is 0 Å². The molecule has 0 aliphatic carbocycles. The molecule has 0 fully saturated rings. The maximum Gasteiger partial charge on any atom is 0.327 e. The summed E-state index contributed by atoms with van der Waals surface area (Å²) in [7, 11) is 3.10. The Bertz CT molecular complexity index is 493. The van der Waals surface area contributed by atoms with Crippen molar-refractivity contribution in [3.05, 3.63) is 34.1 Å². The van der Waals surface area contributed by atoms with Crippen LogP contribution in [0.2, 0.25) is 0 Å². The molecule has 1 aromatic carbocycles. The van der Waals surface area contributed by atoms with Gasteiger partial charge in [0.1, 0.15) is 5.69 Å². The van der Waals surface area contributed by atoms with E-state index in [-0.39, 0.29) is 24.1 Å². The molecule has 0 spiro atoms. The molecule has 6 nitrogen and oxygen atoms in total. The van der Waals surface area contributed by atoms with Gasteiger partial charge >= 0.3 is 5.69 Å². The highest BCUT2D eigenvalue weighted by Crippen LogP contribution is 2.30. The average Bonchev–Trinajstić information content (AvgIpc) is 2.36. The summed E-state index contributed by atoms with van der Waals surface area (Å²) in [6.45, 7) is 1.95. The quantitative estimate of drug-likeness (QED) is 0.650. The van der Waals surface area contributed by atoms with Crippen molar-refractivity contribution in [3.8, 4) is 0 Å². The Labute approximate surface area is 110 Å². The van der Waals surface area contributed by atoms with Crippen molar-refractivity contribution in [2.75, 3.05) is 25.5 Å². The fourth-order valence-corrected chi connectivity index (χ4v) is 1.83. The Morgan fingerprint density at radius 2 is 2.21 bits per heavy atom. The Kier molecular flexibility index (Phi) is 4.80. The van der Waals surface area contributed by atoms with Gasteiger partial charge in [-0.05, 0) is 12.1 Å². The number of rotatable bonds is 5. The maximum atomic E-state index is 13.5. The van der Waals surface area contributed by atoms with E-state index >= 15 is 0 Å². The van der Waals surface area contributed by atoms with Crippen LogP contribution in [0.3, 0.4) is 0 Å². The second-order valence-electron chi connectivity index (χ2n) is 4.26. The van der Waals surface area contributed by atoms with E-state index in [4.69, 9.17) is 0 Å². The van der Waals surface area contributed by atoms with E-state index in [2.05, 4.69) is 5.32 Å². The summed E-state index contributed by atoms with van der Waals surface area (Å²) in [5.74, 6) is -1.43. The van der Waals surface area contributed by atoms with Gasteiger partial charge in [-0.3, -0.25) is 14.9 Å². The molecule has 1 N–H and O–H groups in total. The van der Waals surface area contributed by atoms with Crippen molar-refractivity contribution in [1.29, 1.82) is 0 Å². The van der Waals surface area contributed by atoms with Crippen molar-refractivity contribution in [2.24, 2.45) is 5.92 Å². The fraction of sp³-hybridized carbons (Fsp3) is 0.417. The van der Waals surface area contributed by atoms with E-state index in [0.29, 0.717) is 0 Å². The third-order valence-electron chi connectivity index (χ3n) is 2.80. The van der Waals surface area contributed by atoms with Crippen LogP contribution < -0.4 is 10.2 Å². The molecule has 0 saturated heterocycles. The van der Waals surface area contributed by atoms with Crippen LogP contribution >= 0.6 is 0 Å². The van der Waals surface area contributed by atoms with Crippen molar-refractivity contribution >= 4 is 17.3 Å². The van der Waals surface area contributed by atoms with Gasteiger partial charge in [0, 0.05) is 20.6 Å². The SMILES string of the molecule is CNC(=O)C(C)CN(C)c1cccc(F)c1[N+](=O)[O-]. The molecule has 0 aliphatic heterocycles. The first-order valence-electron chi connectivity index (χ1n) is 5.74. The molecule has 0 aromatic heterocycles. The van der Waals surface area contributed by atoms with Crippen LogP contribution in [0.4, 0.5) is 15.8 Å². The van der Waals surface area contributed by atoms with E-state index in [0.717, 1.165) is 6.07 Å². The molecule has 0 heterocycles. The normalized spacial score (nSPS) is 11.8. The van der Waals surface area contributed by atoms with E-state index in [1.165, 1.54) is 24.1 Å². The molecule has 1 amide bonds. The smallest absolute Gasteiger partial charge is 0.327 e. The molecule has 7 heteroatoms. The second kappa shape index (κ2) is 6.12. The number of hydrogen-bond donors (Lipinski definition) is 1. The number of hydrogen-bond acceptors (Lipinski definition) is 4. The lowest BCUT2D eigenvalue weighted by Gasteiger charge is -2.22. The second-order valence-corrected chi connectivity index (χ2v) is 4.26. The summed E-state index contributed by atoms with van der Waals surface area (Å²) < 4.78 is 13.5. The van der Waals surface area contributed by atoms with Crippen molar-refractivity contribution in [3.63, 3.8) is 0 Å². The number of anilines is 1. The highest BCUT2D eigenvalue weighted by Gasteiger charge is 2.24. The molecule has 0 bridgehead atoms. The number of nitro groups is 1. The molecule has 1 unspecified atom stereocenters. The number of carbonyl (C=O) groups excluding carboxylic acids is 1. The number of nitrogens with zero attached hydrogens (tertiary/aromatic N) is 2. The predicted octanol–water partition coefficient (Wildman–Crippen LogP) is 1.55. The number of para-hydroxylation sites is 1. The Morgan fingerprint density at radius 1 is 1.58 bits per heavy atom. The first kappa shape index (κ1) is 14.9. The van der Waals surface area contributed by atoms with Crippen LogP contribution in [0.15, 0.2) is 18.2 Å². The zero-order valence-electron chi connectivity index (χ0n) is 11.0. The Hall–Kier alpha value is -2.18. The maximum absolute atomic E-state index is 13.5. The monoisotopic (exact) mass is 269 g/mol. The first-order chi connectivity index (χ1) is 8.88. The summed E-state index contributed by atoms with van der Waals surface area (Å²) >= 11 is 0. The van der Waals surface area contributed by atoms with Crippen LogP contribution in [0, 0.1) is 21.8 Å². The summed E-state index contributed by atoms with van der Waals surface area (Å²) in [6.07, 6.45) is 0. The van der Waals surface area contributed by atoms with E-state index in [1.54, 1.807) is 14.0 Å². The van der Waals surface area contributed by atoms with Gasteiger partial charge in [0.25, 0.3) is 0 Å².